The number of benzene rings is 2. The van der Waals surface area contributed by atoms with E-state index in [4.69, 9.17) is 18.9 Å². The Kier molecular flexibility index (Phi) is 7.25. The van der Waals surface area contributed by atoms with Gasteiger partial charge in [-0.1, -0.05) is 6.07 Å². The maximum Gasteiger partial charge on any atom is 0.331 e. The zero-order chi connectivity index (χ0) is 23.3. The summed E-state index contributed by atoms with van der Waals surface area (Å²) in [6, 6.07) is 9.57. The number of aliphatic hydroxyl groups is 2. The van der Waals surface area contributed by atoms with Crippen LogP contribution in [0.25, 0.3) is 6.08 Å². The van der Waals surface area contributed by atoms with E-state index in [2.05, 4.69) is 0 Å². The Morgan fingerprint density at radius 2 is 1.97 bits per heavy atom. The van der Waals surface area contributed by atoms with Gasteiger partial charge in [-0.25, -0.2) is 4.79 Å². The van der Waals surface area contributed by atoms with Gasteiger partial charge in [-0.05, 0) is 35.9 Å². The molecule has 1 aliphatic heterocycles. The fourth-order valence-electron chi connectivity index (χ4n) is 2.99. The second kappa shape index (κ2) is 10.1. The van der Waals surface area contributed by atoms with Crippen molar-refractivity contribution in [3.8, 4) is 17.2 Å². The van der Waals surface area contributed by atoms with Gasteiger partial charge >= 0.3 is 5.97 Å². The molecule has 32 heavy (non-hydrogen) atoms. The average Bonchev–Trinajstić information content (AvgIpc) is 3.07. The molecule has 3 N–H and O–H groups in total. The maximum atomic E-state index is 12.3. The molecular weight excluding hydrogens is 426 g/mol. The van der Waals surface area contributed by atoms with Gasteiger partial charge in [-0.3, -0.25) is 10.1 Å². The van der Waals surface area contributed by atoms with Crippen LogP contribution >= 0.6 is 0 Å². The lowest BCUT2D eigenvalue weighted by Gasteiger charge is -2.21. The number of esters is 1. The number of hydrogen-bond acceptors (Lipinski definition) is 10. The first kappa shape index (κ1) is 23.0. The minimum atomic E-state index is -1.37. The second-order valence-corrected chi connectivity index (χ2v) is 6.75. The van der Waals surface area contributed by atoms with Gasteiger partial charge in [0, 0.05) is 18.2 Å². The minimum Gasteiger partial charge on any atom is -0.504 e. The number of carbonyl (C=O) groups is 1. The lowest BCUT2D eigenvalue weighted by molar-refractivity contribution is -0.384. The van der Waals surface area contributed by atoms with Gasteiger partial charge < -0.3 is 34.3 Å². The van der Waals surface area contributed by atoms with Crippen LogP contribution in [0.2, 0.25) is 0 Å². The number of nitro benzene ring substituents is 1. The standard InChI is InChI=1S/C21H21NO10/c1-29-16-10-12(2-8-15(16)24)3-9-18(25)32-20-19(26)17(11-23)31-21(20)30-14-6-4-13(5-7-14)22(27)28/h2-10,17,19-21,23-24,26H,11H2,1H3/b9-3+/t17-,19-,20+,21+/m0/s1. The van der Waals surface area contributed by atoms with Crippen molar-refractivity contribution in [2.75, 3.05) is 13.7 Å². The molecule has 11 nitrogen and oxygen atoms in total. The first-order chi connectivity index (χ1) is 15.3. The van der Waals surface area contributed by atoms with Gasteiger partial charge in [0.25, 0.3) is 5.69 Å². The van der Waals surface area contributed by atoms with Crippen molar-refractivity contribution in [3.05, 3.63) is 64.2 Å². The number of rotatable bonds is 8. The van der Waals surface area contributed by atoms with E-state index in [9.17, 15) is 30.2 Å². The summed E-state index contributed by atoms with van der Waals surface area (Å²) < 4.78 is 21.3. The number of carbonyl (C=O) groups excluding carboxylic acids is 1. The molecule has 4 atom stereocenters. The summed E-state index contributed by atoms with van der Waals surface area (Å²) in [6.07, 6.45) is -2.42. The number of methoxy groups -OCH3 is 1. The molecule has 1 heterocycles. The van der Waals surface area contributed by atoms with Gasteiger partial charge in [0.05, 0.1) is 18.6 Å². The van der Waals surface area contributed by atoms with Crippen molar-refractivity contribution in [3.63, 3.8) is 0 Å². The number of aromatic hydroxyl groups is 1. The van der Waals surface area contributed by atoms with Crippen LogP contribution in [0.4, 0.5) is 5.69 Å². The molecule has 3 rings (SSSR count). The highest BCUT2D eigenvalue weighted by atomic mass is 16.7. The first-order valence-corrected chi connectivity index (χ1v) is 9.43. The third-order valence-corrected chi connectivity index (χ3v) is 4.64. The predicted octanol–water partition coefficient (Wildman–Crippen LogP) is 1.39. The fraction of sp³-hybridized carbons (Fsp3) is 0.286. The van der Waals surface area contributed by atoms with Crippen LogP contribution in [-0.2, 0) is 14.3 Å². The summed E-state index contributed by atoms with van der Waals surface area (Å²) in [5.41, 5.74) is 0.406. The summed E-state index contributed by atoms with van der Waals surface area (Å²) >= 11 is 0. The molecule has 0 spiro atoms. The van der Waals surface area contributed by atoms with E-state index in [0.29, 0.717) is 5.56 Å². The van der Waals surface area contributed by atoms with E-state index >= 15 is 0 Å². The van der Waals surface area contributed by atoms with Crippen molar-refractivity contribution in [2.45, 2.75) is 24.6 Å². The number of phenols is 1. The van der Waals surface area contributed by atoms with Crippen molar-refractivity contribution in [1.82, 2.24) is 0 Å². The van der Waals surface area contributed by atoms with E-state index in [0.717, 1.165) is 6.08 Å². The van der Waals surface area contributed by atoms with Crippen LogP contribution in [0, 0.1) is 10.1 Å². The number of non-ortho nitro benzene ring substituents is 1. The molecular formula is C21H21NO10. The first-order valence-electron chi connectivity index (χ1n) is 9.43. The largest absolute Gasteiger partial charge is 0.504 e. The maximum absolute atomic E-state index is 12.3. The number of ether oxygens (including phenoxy) is 4. The van der Waals surface area contributed by atoms with Crippen LogP contribution in [0.5, 0.6) is 17.2 Å². The number of hydrogen-bond donors (Lipinski definition) is 3. The lowest BCUT2D eigenvalue weighted by Crippen LogP contribution is -2.39. The topological polar surface area (TPSA) is 158 Å². The van der Waals surface area contributed by atoms with E-state index in [1.54, 1.807) is 6.07 Å². The third-order valence-electron chi connectivity index (χ3n) is 4.64. The summed E-state index contributed by atoms with van der Waals surface area (Å²) in [7, 11) is 1.39. The molecule has 170 valence electrons. The van der Waals surface area contributed by atoms with Crippen LogP contribution < -0.4 is 9.47 Å². The van der Waals surface area contributed by atoms with Crippen LogP contribution in [-0.4, -0.2) is 64.5 Å². The quantitative estimate of drug-likeness (QED) is 0.234. The molecule has 1 fully saturated rings. The number of aliphatic hydroxyl groups excluding tert-OH is 2. The molecule has 0 aromatic heterocycles. The normalized spacial score (nSPS) is 22.6. The molecule has 0 bridgehead atoms. The summed E-state index contributed by atoms with van der Waals surface area (Å²) in [6.45, 7) is -0.543. The Balaban J connectivity index is 1.70. The van der Waals surface area contributed by atoms with E-state index in [1.807, 2.05) is 0 Å². The highest BCUT2D eigenvalue weighted by Gasteiger charge is 2.47. The smallest absolute Gasteiger partial charge is 0.331 e. The van der Waals surface area contributed by atoms with Gasteiger partial charge in [-0.2, -0.15) is 0 Å². The molecule has 1 saturated heterocycles. The molecule has 11 heteroatoms. The Morgan fingerprint density at radius 3 is 2.59 bits per heavy atom. The predicted molar refractivity (Wildman–Crippen MR) is 109 cm³/mol. The molecule has 2 aromatic carbocycles. The van der Waals surface area contributed by atoms with Gasteiger partial charge in [0.2, 0.25) is 6.29 Å². The number of nitrogens with zero attached hydrogens (tertiary/aromatic N) is 1. The third kappa shape index (κ3) is 5.32. The van der Waals surface area contributed by atoms with Crippen LogP contribution in [0.1, 0.15) is 5.56 Å². The van der Waals surface area contributed by atoms with Gasteiger partial charge in [-0.15, -0.1) is 0 Å². The van der Waals surface area contributed by atoms with E-state index < -0.39 is 42.1 Å². The molecule has 0 unspecified atom stereocenters. The van der Waals surface area contributed by atoms with Crippen molar-refractivity contribution < 1.29 is 44.0 Å². The van der Waals surface area contributed by atoms with E-state index in [-0.39, 0.29) is 22.9 Å². The Morgan fingerprint density at radius 1 is 1.25 bits per heavy atom. The molecule has 0 saturated carbocycles. The molecule has 1 aliphatic rings. The van der Waals surface area contributed by atoms with Crippen molar-refractivity contribution >= 4 is 17.7 Å². The van der Waals surface area contributed by atoms with E-state index in [1.165, 1.54) is 49.6 Å². The molecule has 0 radical (unpaired) electrons. The van der Waals surface area contributed by atoms with Crippen molar-refractivity contribution in [1.29, 1.82) is 0 Å². The lowest BCUT2D eigenvalue weighted by atomic mass is 10.1. The number of nitro groups is 1. The highest BCUT2D eigenvalue weighted by Crippen LogP contribution is 2.29. The Bertz CT molecular complexity index is 991. The number of phenolic OH excluding ortho intramolecular Hbond substituents is 1. The highest BCUT2D eigenvalue weighted by molar-refractivity contribution is 5.87. The Labute approximate surface area is 182 Å². The summed E-state index contributed by atoms with van der Waals surface area (Å²) in [4.78, 5) is 22.5. The zero-order valence-corrected chi connectivity index (χ0v) is 16.9. The van der Waals surface area contributed by atoms with Gasteiger partial charge in [0.15, 0.2) is 17.6 Å². The van der Waals surface area contributed by atoms with Gasteiger partial charge in [0.1, 0.15) is 18.0 Å². The summed E-state index contributed by atoms with van der Waals surface area (Å²) in [5.74, 6) is -0.470. The fourth-order valence-corrected chi connectivity index (χ4v) is 2.99. The van der Waals surface area contributed by atoms with Crippen LogP contribution in [0.15, 0.2) is 48.5 Å². The minimum absolute atomic E-state index is 0.0558. The summed E-state index contributed by atoms with van der Waals surface area (Å²) in [5, 5.41) is 40.1. The van der Waals surface area contributed by atoms with Crippen molar-refractivity contribution in [2.24, 2.45) is 0 Å². The molecule has 2 aromatic rings. The SMILES string of the molecule is COc1cc(/C=C/C(=O)O[C@H]2[C@H](Oc3ccc([N+](=O)[O-])cc3)O[C@@H](CO)[C@@H]2O)ccc1O. The molecule has 0 aliphatic carbocycles. The zero-order valence-electron chi connectivity index (χ0n) is 16.9. The van der Waals surface area contributed by atoms with Crippen LogP contribution in [0.3, 0.4) is 0 Å². The second-order valence-electron chi connectivity index (χ2n) is 6.75. The molecule has 0 amide bonds. The average molecular weight is 447 g/mol. The Hall–Kier alpha value is -3.67. The monoisotopic (exact) mass is 447 g/mol.